The van der Waals surface area contributed by atoms with Crippen LogP contribution in [-0.2, 0) is 6.18 Å². The van der Waals surface area contributed by atoms with Crippen molar-refractivity contribution in [3.8, 4) is 5.75 Å². The lowest BCUT2D eigenvalue weighted by atomic mass is 10.1. The number of amides is 1. The number of nitrogens with two attached hydrogens (primary N) is 2. The van der Waals surface area contributed by atoms with Crippen LogP contribution in [0.1, 0.15) is 35.2 Å². The predicted molar refractivity (Wildman–Crippen MR) is 70.8 cm³/mol. The first-order valence-corrected chi connectivity index (χ1v) is 6.70. The van der Waals surface area contributed by atoms with E-state index in [2.05, 4.69) is 0 Å². The number of primary amides is 1. The standard InChI is InChI=1S/C14H17F3N2O2/c15-14(16,17)9-4-5-12(10(6-9)13(19)20)21-11-3-1-2-8(11)7-18/h4-6,8,11H,1-3,7,18H2,(H2,19,20). The quantitative estimate of drug-likeness (QED) is 0.896. The number of benzene rings is 1. The van der Waals surface area contributed by atoms with Crippen molar-refractivity contribution >= 4 is 5.91 Å². The van der Waals surface area contributed by atoms with Gasteiger partial charge in [0.1, 0.15) is 11.9 Å². The van der Waals surface area contributed by atoms with E-state index in [0.717, 1.165) is 37.5 Å². The number of halogens is 3. The summed E-state index contributed by atoms with van der Waals surface area (Å²) in [4.78, 5) is 11.4. The van der Waals surface area contributed by atoms with Gasteiger partial charge in [-0.05, 0) is 44.0 Å². The first kappa shape index (κ1) is 15.6. The summed E-state index contributed by atoms with van der Waals surface area (Å²) in [5, 5.41) is 0. The average Bonchev–Trinajstić information content (AvgIpc) is 2.84. The second-order valence-electron chi connectivity index (χ2n) is 5.16. The molecule has 4 nitrogen and oxygen atoms in total. The third-order valence-electron chi connectivity index (χ3n) is 3.74. The fourth-order valence-corrected chi connectivity index (χ4v) is 2.59. The van der Waals surface area contributed by atoms with Gasteiger partial charge >= 0.3 is 6.18 Å². The molecule has 0 aliphatic heterocycles. The van der Waals surface area contributed by atoms with Crippen molar-refractivity contribution in [3.05, 3.63) is 29.3 Å². The summed E-state index contributed by atoms with van der Waals surface area (Å²) < 4.78 is 43.7. The molecule has 1 fully saturated rings. The van der Waals surface area contributed by atoms with Crippen molar-refractivity contribution in [2.75, 3.05) is 6.54 Å². The Hall–Kier alpha value is -1.76. The van der Waals surface area contributed by atoms with Gasteiger partial charge in [0.05, 0.1) is 11.1 Å². The van der Waals surface area contributed by atoms with Crippen LogP contribution in [0.4, 0.5) is 13.2 Å². The Bertz CT molecular complexity index is 531. The van der Waals surface area contributed by atoms with Crippen molar-refractivity contribution in [3.63, 3.8) is 0 Å². The van der Waals surface area contributed by atoms with Gasteiger partial charge < -0.3 is 16.2 Å². The molecule has 1 aliphatic carbocycles. The fourth-order valence-electron chi connectivity index (χ4n) is 2.59. The Morgan fingerprint density at radius 2 is 2.05 bits per heavy atom. The van der Waals surface area contributed by atoms with E-state index in [0.29, 0.717) is 6.54 Å². The largest absolute Gasteiger partial charge is 0.489 e. The molecule has 2 unspecified atom stereocenters. The van der Waals surface area contributed by atoms with Crippen LogP contribution in [0.3, 0.4) is 0 Å². The molecular formula is C14H17F3N2O2. The van der Waals surface area contributed by atoms with Gasteiger partial charge in [-0.2, -0.15) is 13.2 Å². The van der Waals surface area contributed by atoms with Gasteiger partial charge in [0.25, 0.3) is 5.91 Å². The van der Waals surface area contributed by atoms with Crippen molar-refractivity contribution < 1.29 is 22.7 Å². The van der Waals surface area contributed by atoms with Crippen molar-refractivity contribution in [1.29, 1.82) is 0 Å². The number of ether oxygens (including phenoxy) is 1. The maximum Gasteiger partial charge on any atom is 0.416 e. The van der Waals surface area contributed by atoms with Crippen LogP contribution in [0.15, 0.2) is 18.2 Å². The van der Waals surface area contributed by atoms with E-state index in [9.17, 15) is 18.0 Å². The Kier molecular flexibility index (Phi) is 4.41. The zero-order chi connectivity index (χ0) is 15.6. The molecule has 21 heavy (non-hydrogen) atoms. The summed E-state index contributed by atoms with van der Waals surface area (Å²) in [6, 6.07) is 2.76. The molecule has 1 aliphatic rings. The van der Waals surface area contributed by atoms with E-state index in [1.807, 2.05) is 0 Å². The number of carbonyl (C=O) groups is 1. The van der Waals surface area contributed by atoms with Crippen LogP contribution in [0.2, 0.25) is 0 Å². The smallest absolute Gasteiger partial charge is 0.416 e. The molecule has 0 bridgehead atoms. The summed E-state index contributed by atoms with van der Waals surface area (Å²) in [5.74, 6) is -0.715. The Morgan fingerprint density at radius 3 is 2.62 bits per heavy atom. The molecular weight excluding hydrogens is 285 g/mol. The van der Waals surface area contributed by atoms with Gasteiger partial charge in [0, 0.05) is 5.92 Å². The molecule has 1 amide bonds. The number of alkyl halides is 3. The van der Waals surface area contributed by atoms with Crippen LogP contribution in [-0.4, -0.2) is 18.6 Å². The molecule has 0 aromatic heterocycles. The lowest BCUT2D eigenvalue weighted by molar-refractivity contribution is -0.137. The van der Waals surface area contributed by atoms with E-state index in [1.165, 1.54) is 0 Å². The van der Waals surface area contributed by atoms with Crippen LogP contribution >= 0.6 is 0 Å². The minimum absolute atomic E-state index is 0.0841. The third-order valence-corrected chi connectivity index (χ3v) is 3.74. The highest BCUT2D eigenvalue weighted by Crippen LogP contribution is 2.35. The highest BCUT2D eigenvalue weighted by Gasteiger charge is 2.33. The average molecular weight is 302 g/mol. The predicted octanol–water partition coefficient (Wildman–Crippen LogP) is 2.31. The van der Waals surface area contributed by atoms with Crippen LogP contribution in [0.5, 0.6) is 5.75 Å². The first-order chi connectivity index (χ1) is 9.82. The number of hydrogen-bond donors (Lipinski definition) is 2. The molecule has 0 heterocycles. The fraction of sp³-hybridized carbons (Fsp3) is 0.500. The van der Waals surface area contributed by atoms with E-state index in [4.69, 9.17) is 16.2 Å². The van der Waals surface area contributed by atoms with Crippen molar-refractivity contribution in [1.82, 2.24) is 0 Å². The molecule has 0 spiro atoms. The summed E-state index contributed by atoms with van der Waals surface area (Å²) in [6.07, 6.45) is -2.10. The number of carbonyl (C=O) groups excluding carboxylic acids is 1. The Labute approximate surface area is 120 Å². The normalized spacial score (nSPS) is 22.3. The van der Waals surface area contributed by atoms with Gasteiger partial charge in [-0.25, -0.2) is 0 Å². The third kappa shape index (κ3) is 3.47. The summed E-state index contributed by atoms with van der Waals surface area (Å²) >= 11 is 0. The number of rotatable bonds is 4. The van der Waals surface area contributed by atoms with E-state index >= 15 is 0 Å². The Morgan fingerprint density at radius 1 is 1.33 bits per heavy atom. The van der Waals surface area contributed by atoms with E-state index in [-0.39, 0.29) is 23.3 Å². The lowest BCUT2D eigenvalue weighted by Crippen LogP contribution is -2.28. The monoisotopic (exact) mass is 302 g/mol. The second kappa shape index (κ2) is 5.93. The summed E-state index contributed by atoms with van der Waals surface area (Å²) in [7, 11) is 0. The van der Waals surface area contributed by atoms with Gasteiger partial charge in [-0.1, -0.05) is 0 Å². The SMILES string of the molecule is NCC1CCCC1Oc1ccc(C(F)(F)F)cc1C(N)=O. The van der Waals surface area contributed by atoms with Crippen LogP contribution < -0.4 is 16.2 Å². The molecule has 4 N–H and O–H groups in total. The van der Waals surface area contributed by atoms with Gasteiger partial charge in [0.2, 0.25) is 0 Å². The molecule has 7 heteroatoms. The minimum Gasteiger partial charge on any atom is -0.489 e. The maximum absolute atomic E-state index is 12.7. The molecule has 0 radical (unpaired) electrons. The van der Waals surface area contributed by atoms with Gasteiger partial charge in [0.15, 0.2) is 0 Å². The zero-order valence-electron chi connectivity index (χ0n) is 11.3. The molecule has 2 atom stereocenters. The Balaban J connectivity index is 2.29. The van der Waals surface area contributed by atoms with Crippen LogP contribution in [0, 0.1) is 5.92 Å². The lowest BCUT2D eigenvalue weighted by Gasteiger charge is -2.21. The molecule has 2 rings (SSSR count). The molecule has 0 saturated heterocycles. The zero-order valence-corrected chi connectivity index (χ0v) is 11.3. The highest BCUT2D eigenvalue weighted by molar-refractivity contribution is 5.95. The molecule has 116 valence electrons. The van der Waals surface area contributed by atoms with Crippen LogP contribution in [0.25, 0.3) is 0 Å². The topological polar surface area (TPSA) is 78.3 Å². The minimum atomic E-state index is -4.53. The molecule has 1 saturated carbocycles. The van der Waals surface area contributed by atoms with E-state index in [1.54, 1.807) is 0 Å². The first-order valence-electron chi connectivity index (χ1n) is 6.70. The van der Waals surface area contributed by atoms with Crippen molar-refractivity contribution in [2.45, 2.75) is 31.5 Å². The highest BCUT2D eigenvalue weighted by atomic mass is 19.4. The maximum atomic E-state index is 12.7. The molecule has 1 aromatic carbocycles. The summed E-state index contributed by atoms with van der Waals surface area (Å²) in [5.41, 5.74) is 9.61. The van der Waals surface area contributed by atoms with Gasteiger partial charge in [-0.3, -0.25) is 4.79 Å². The number of hydrogen-bond acceptors (Lipinski definition) is 3. The summed E-state index contributed by atoms with van der Waals surface area (Å²) in [6.45, 7) is 0.442. The van der Waals surface area contributed by atoms with E-state index < -0.39 is 17.6 Å². The molecule has 1 aromatic rings. The second-order valence-corrected chi connectivity index (χ2v) is 5.16. The van der Waals surface area contributed by atoms with Gasteiger partial charge in [-0.15, -0.1) is 0 Å². The van der Waals surface area contributed by atoms with Crippen molar-refractivity contribution in [2.24, 2.45) is 17.4 Å².